The molecule has 6 nitrogen and oxygen atoms in total. The zero-order valence-electron chi connectivity index (χ0n) is 17.7. The third-order valence-corrected chi connectivity index (χ3v) is 6.19. The van der Waals surface area contributed by atoms with E-state index in [1.165, 1.54) is 18.6 Å². The van der Waals surface area contributed by atoms with E-state index in [0.717, 1.165) is 42.4 Å². The van der Waals surface area contributed by atoms with Gasteiger partial charge in [-0.1, -0.05) is 49.6 Å². The Hall–Kier alpha value is -3.61. The third-order valence-electron chi connectivity index (χ3n) is 6.19. The van der Waals surface area contributed by atoms with Gasteiger partial charge in [0.1, 0.15) is 5.82 Å². The lowest BCUT2D eigenvalue weighted by atomic mass is 9.93. The van der Waals surface area contributed by atoms with Gasteiger partial charge in [0, 0.05) is 28.9 Å². The van der Waals surface area contributed by atoms with Crippen molar-refractivity contribution in [1.82, 2.24) is 24.9 Å². The van der Waals surface area contributed by atoms with Crippen molar-refractivity contribution in [2.24, 2.45) is 0 Å². The summed E-state index contributed by atoms with van der Waals surface area (Å²) in [5.41, 5.74) is 4.06. The Morgan fingerprint density at radius 2 is 1.75 bits per heavy atom. The number of carbonyl (C=O) groups is 1. The van der Waals surface area contributed by atoms with E-state index in [4.69, 9.17) is 0 Å². The van der Waals surface area contributed by atoms with Crippen LogP contribution in [0.3, 0.4) is 0 Å². The van der Waals surface area contributed by atoms with Crippen LogP contribution in [0, 0.1) is 5.82 Å². The molecule has 7 heteroatoms. The quantitative estimate of drug-likeness (QED) is 0.452. The zero-order valence-corrected chi connectivity index (χ0v) is 17.7. The number of tetrazole rings is 1. The van der Waals surface area contributed by atoms with E-state index in [1.54, 1.807) is 16.6 Å². The number of amides is 1. The van der Waals surface area contributed by atoms with Gasteiger partial charge in [-0.15, -0.1) is 5.10 Å². The monoisotopic (exact) mass is 429 g/mol. The van der Waals surface area contributed by atoms with Gasteiger partial charge >= 0.3 is 0 Å². The lowest BCUT2D eigenvalue weighted by Gasteiger charge is -2.34. The van der Waals surface area contributed by atoms with Crippen LogP contribution < -0.4 is 0 Å². The minimum Gasteiger partial charge on any atom is -0.331 e. The van der Waals surface area contributed by atoms with E-state index in [-0.39, 0.29) is 17.8 Å². The standard InChI is InChI=1S/C25H24FN5O/c26-22-13-11-19(12-14-22)25(32)30(23-9-5-2-6-10-23)16-21-15-20(18-7-3-1-4-8-18)17-31-24(21)27-28-29-31/h1,3-4,7-8,11-15,17,23H,2,5-6,9-10,16H2. The fourth-order valence-corrected chi connectivity index (χ4v) is 4.52. The van der Waals surface area contributed by atoms with E-state index in [2.05, 4.69) is 21.6 Å². The predicted octanol–water partition coefficient (Wildman–Crippen LogP) is 4.91. The maximum atomic E-state index is 13.5. The Balaban J connectivity index is 1.55. The van der Waals surface area contributed by atoms with Gasteiger partial charge in [0.2, 0.25) is 0 Å². The summed E-state index contributed by atoms with van der Waals surface area (Å²) in [7, 11) is 0. The maximum absolute atomic E-state index is 13.5. The molecule has 1 saturated carbocycles. The number of hydrogen-bond donors (Lipinski definition) is 0. The van der Waals surface area contributed by atoms with Gasteiger partial charge in [0.25, 0.3) is 5.91 Å². The van der Waals surface area contributed by atoms with Gasteiger partial charge in [-0.25, -0.2) is 4.39 Å². The number of fused-ring (bicyclic) bond motifs is 1. The van der Waals surface area contributed by atoms with Gasteiger partial charge in [0.15, 0.2) is 5.65 Å². The average Bonchev–Trinajstić information content (AvgIpc) is 3.33. The first kappa shape index (κ1) is 20.3. The van der Waals surface area contributed by atoms with Crippen molar-refractivity contribution in [3.63, 3.8) is 0 Å². The summed E-state index contributed by atoms with van der Waals surface area (Å²) >= 11 is 0. The molecule has 2 aromatic carbocycles. The van der Waals surface area contributed by atoms with Gasteiger partial charge in [-0.3, -0.25) is 4.79 Å². The second kappa shape index (κ2) is 8.86. The number of hydrogen-bond acceptors (Lipinski definition) is 4. The zero-order chi connectivity index (χ0) is 21.9. The first-order valence-corrected chi connectivity index (χ1v) is 11.0. The molecule has 32 heavy (non-hydrogen) atoms. The highest BCUT2D eigenvalue weighted by molar-refractivity contribution is 5.94. The smallest absolute Gasteiger partial charge is 0.254 e. The molecule has 0 saturated heterocycles. The van der Waals surface area contributed by atoms with Gasteiger partial charge in [-0.05, 0) is 59.2 Å². The van der Waals surface area contributed by atoms with Crippen molar-refractivity contribution in [2.75, 3.05) is 0 Å². The van der Waals surface area contributed by atoms with Crippen molar-refractivity contribution >= 4 is 11.6 Å². The molecule has 2 aromatic heterocycles. The Morgan fingerprint density at radius 1 is 1.00 bits per heavy atom. The molecule has 0 unspecified atom stereocenters. The molecule has 0 spiro atoms. The topological polar surface area (TPSA) is 63.4 Å². The number of nitrogens with zero attached hydrogens (tertiary/aromatic N) is 5. The van der Waals surface area contributed by atoms with E-state index < -0.39 is 0 Å². The SMILES string of the molecule is O=C(c1ccc(F)cc1)N(Cc1cc(-c2ccccc2)cn2nnnc12)C1CCCCC1. The average molecular weight is 429 g/mol. The van der Waals surface area contributed by atoms with E-state index in [1.807, 2.05) is 41.4 Å². The lowest BCUT2D eigenvalue weighted by molar-refractivity contribution is 0.0615. The highest BCUT2D eigenvalue weighted by Gasteiger charge is 2.27. The molecule has 1 aliphatic rings. The molecule has 4 aromatic rings. The Morgan fingerprint density at radius 3 is 2.50 bits per heavy atom. The summed E-state index contributed by atoms with van der Waals surface area (Å²) in [6, 6.07) is 18.0. The van der Waals surface area contributed by atoms with Crippen molar-refractivity contribution in [1.29, 1.82) is 0 Å². The number of pyridine rings is 1. The molecule has 1 amide bonds. The highest BCUT2D eigenvalue weighted by atomic mass is 19.1. The van der Waals surface area contributed by atoms with Crippen LogP contribution >= 0.6 is 0 Å². The molecule has 5 rings (SSSR count). The van der Waals surface area contributed by atoms with Crippen molar-refractivity contribution < 1.29 is 9.18 Å². The second-order valence-corrected chi connectivity index (χ2v) is 8.30. The van der Waals surface area contributed by atoms with Crippen LogP contribution in [-0.4, -0.2) is 36.9 Å². The van der Waals surface area contributed by atoms with Crippen LogP contribution in [0.15, 0.2) is 66.9 Å². The largest absolute Gasteiger partial charge is 0.331 e. The molecule has 0 bridgehead atoms. The number of benzene rings is 2. The molecular formula is C25H24FN5O. The Kier molecular flexibility index (Phi) is 5.62. The molecule has 0 N–H and O–H groups in total. The summed E-state index contributed by atoms with van der Waals surface area (Å²) < 4.78 is 15.1. The summed E-state index contributed by atoms with van der Waals surface area (Å²) in [4.78, 5) is 15.5. The summed E-state index contributed by atoms with van der Waals surface area (Å²) in [5.74, 6) is -0.440. The normalized spacial score (nSPS) is 14.5. The molecule has 0 radical (unpaired) electrons. The van der Waals surface area contributed by atoms with Gasteiger partial charge in [0.05, 0.1) is 6.54 Å². The van der Waals surface area contributed by atoms with Crippen LogP contribution in [0.5, 0.6) is 0 Å². The number of halogens is 1. The molecule has 1 aliphatic carbocycles. The first-order valence-electron chi connectivity index (χ1n) is 11.0. The molecule has 2 heterocycles. The van der Waals surface area contributed by atoms with Crippen molar-refractivity contribution in [2.45, 2.75) is 44.7 Å². The maximum Gasteiger partial charge on any atom is 0.254 e. The van der Waals surface area contributed by atoms with Crippen molar-refractivity contribution in [3.05, 3.63) is 83.8 Å². The second-order valence-electron chi connectivity index (χ2n) is 8.30. The Bertz CT molecular complexity index is 1220. The fourth-order valence-electron chi connectivity index (χ4n) is 4.52. The molecule has 1 fully saturated rings. The summed E-state index contributed by atoms with van der Waals surface area (Å²) in [5, 5.41) is 12.2. The van der Waals surface area contributed by atoms with Crippen LogP contribution in [0.4, 0.5) is 4.39 Å². The minimum atomic E-state index is -0.349. The third kappa shape index (κ3) is 4.10. The van der Waals surface area contributed by atoms with Crippen LogP contribution in [0.2, 0.25) is 0 Å². The first-order chi connectivity index (χ1) is 15.7. The van der Waals surface area contributed by atoms with Crippen LogP contribution in [0.1, 0.15) is 48.0 Å². The molecule has 162 valence electrons. The van der Waals surface area contributed by atoms with E-state index in [0.29, 0.717) is 17.8 Å². The summed E-state index contributed by atoms with van der Waals surface area (Å²) in [6.45, 7) is 0.394. The van der Waals surface area contributed by atoms with Crippen molar-refractivity contribution in [3.8, 4) is 11.1 Å². The van der Waals surface area contributed by atoms with E-state index >= 15 is 0 Å². The van der Waals surface area contributed by atoms with Crippen LogP contribution in [-0.2, 0) is 6.54 Å². The number of aromatic nitrogens is 4. The number of carbonyl (C=O) groups excluding carboxylic acids is 1. The van der Waals surface area contributed by atoms with E-state index in [9.17, 15) is 9.18 Å². The fraction of sp³-hybridized carbons (Fsp3) is 0.280. The minimum absolute atomic E-state index is 0.0901. The molecule has 0 aliphatic heterocycles. The predicted molar refractivity (Wildman–Crippen MR) is 119 cm³/mol. The molecule has 0 atom stereocenters. The van der Waals surface area contributed by atoms with Gasteiger partial charge in [-0.2, -0.15) is 4.52 Å². The highest BCUT2D eigenvalue weighted by Crippen LogP contribution is 2.28. The Labute approximate surface area is 185 Å². The van der Waals surface area contributed by atoms with Crippen LogP contribution in [0.25, 0.3) is 16.8 Å². The molecular weight excluding hydrogens is 405 g/mol. The van der Waals surface area contributed by atoms with Gasteiger partial charge < -0.3 is 4.90 Å². The number of rotatable bonds is 5. The summed E-state index contributed by atoms with van der Waals surface area (Å²) in [6.07, 6.45) is 7.23. The lowest BCUT2D eigenvalue weighted by Crippen LogP contribution is -2.41.